The molecule has 0 aromatic heterocycles. The highest BCUT2D eigenvalue weighted by Gasteiger charge is 2.23. The predicted molar refractivity (Wildman–Crippen MR) is 47.8 cm³/mol. The lowest BCUT2D eigenvalue weighted by molar-refractivity contribution is 0.258. The van der Waals surface area contributed by atoms with Crippen LogP contribution in [0, 0.1) is 17.5 Å². The van der Waals surface area contributed by atoms with Crippen molar-refractivity contribution in [3.05, 3.63) is 23.0 Å². The monoisotopic (exact) mass is 221 g/mol. The van der Waals surface area contributed by atoms with Gasteiger partial charge in [0.25, 0.3) is 0 Å². The van der Waals surface area contributed by atoms with Crippen molar-refractivity contribution >= 4 is 5.69 Å². The normalized spacial score (nSPS) is 10.5. The van der Waals surface area contributed by atoms with Crippen LogP contribution >= 0.6 is 0 Å². The Morgan fingerprint density at radius 2 is 1.80 bits per heavy atom. The number of hydrogen-bond acceptors (Lipinski definition) is 3. The minimum atomic E-state index is -1.30. The van der Waals surface area contributed by atoms with Crippen molar-refractivity contribution in [2.45, 2.75) is 13.5 Å². The maximum Gasteiger partial charge on any atom is 0.193 e. The van der Waals surface area contributed by atoms with Gasteiger partial charge in [-0.15, -0.1) is 0 Å². The van der Waals surface area contributed by atoms with E-state index >= 15 is 0 Å². The van der Waals surface area contributed by atoms with Crippen LogP contribution in [0.5, 0.6) is 5.75 Å². The average Bonchev–Trinajstić information content (AvgIpc) is 2.22. The van der Waals surface area contributed by atoms with Crippen LogP contribution in [-0.4, -0.2) is 11.7 Å². The summed E-state index contributed by atoms with van der Waals surface area (Å²) < 4.78 is 44.3. The molecule has 0 bridgehead atoms. The zero-order chi connectivity index (χ0) is 11.6. The second-order valence-corrected chi connectivity index (χ2v) is 2.75. The van der Waals surface area contributed by atoms with E-state index in [0.717, 1.165) is 0 Å². The second-order valence-electron chi connectivity index (χ2n) is 2.75. The van der Waals surface area contributed by atoms with Gasteiger partial charge < -0.3 is 15.6 Å². The molecular formula is C9H10F3NO2. The number of rotatable bonds is 3. The SMILES string of the molecule is CCOc1c(F)c(N)c(F)c(CO)c1F. The molecule has 3 N–H and O–H groups in total. The minimum absolute atomic E-state index is 0.00375. The van der Waals surface area contributed by atoms with Crippen LogP contribution in [0.4, 0.5) is 18.9 Å². The van der Waals surface area contributed by atoms with E-state index < -0.39 is 41.1 Å². The number of aliphatic hydroxyl groups is 1. The standard InChI is InChI=1S/C9H10F3NO2/c1-2-15-9-6(11)4(3-14)5(10)8(13)7(9)12/h14H,2-3,13H2,1H3. The molecule has 3 nitrogen and oxygen atoms in total. The largest absolute Gasteiger partial charge is 0.488 e. The fourth-order valence-electron chi connectivity index (χ4n) is 1.12. The first-order valence-corrected chi connectivity index (χ1v) is 4.23. The van der Waals surface area contributed by atoms with Crippen LogP contribution in [0.1, 0.15) is 12.5 Å². The molecule has 0 aliphatic carbocycles. The van der Waals surface area contributed by atoms with E-state index in [4.69, 9.17) is 10.8 Å². The number of nitrogens with two attached hydrogens (primary N) is 1. The Balaban J connectivity index is 3.45. The third-order valence-corrected chi connectivity index (χ3v) is 1.85. The quantitative estimate of drug-likeness (QED) is 0.762. The molecule has 0 fully saturated rings. The van der Waals surface area contributed by atoms with Crippen LogP contribution in [0.15, 0.2) is 0 Å². The molecular weight excluding hydrogens is 211 g/mol. The lowest BCUT2D eigenvalue weighted by Crippen LogP contribution is -2.08. The van der Waals surface area contributed by atoms with Crippen LogP contribution in [-0.2, 0) is 6.61 Å². The Kier molecular flexibility index (Phi) is 3.41. The molecule has 0 aliphatic heterocycles. The number of anilines is 1. The molecule has 0 spiro atoms. The van der Waals surface area contributed by atoms with Crippen molar-refractivity contribution in [3.63, 3.8) is 0 Å². The Morgan fingerprint density at radius 3 is 2.27 bits per heavy atom. The first-order valence-electron chi connectivity index (χ1n) is 4.23. The lowest BCUT2D eigenvalue weighted by atomic mass is 10.1. The van der Waals surface area contributed by atoms with Gasteiger partial charge in [0.05, 0.1) is 18.8 Å². The highest BCUT2D eigenvalue weighted by Crippen LogP contribution is 2.32. The van der Waals surface area contributed by atoms with Crippen LogP contribution in [0.25, 0.3) is 0 Å². The summed E-state index contributed by atoms with van der Waals surface area (Å²) in [4.78, 5) is 0. The highest BCUT2D eigenvalue weighted by molar-refractivity contribution is 5.52. The van der Waals surface area contributed by atoms with Crippen LogP contribution < -0.4 is 10.5 Å². The van der Waals surface area contributed by atoms with Gasteiger partial charge in [-0.25, -0.2) is 13.2 Å². The topological polar surface area (TPSA) is 55.5 Å². The molecule has 0 unspecified atom stereocenters. The summed E-state index contributed by atoms with van der Waals surface area (Å²) in [5, 5.41) is 8.69. The molecule has 0 saturated heterocycles. The molecule has 6 heteroatoms. The summed E-state index contributed by atoms with van der Waals surface area (Å²) in [6.07, 6.45) is 0. The smallest absolute Gasteiger partial charge is 0.193 e. The van der Waals surface area contributed by atoms with E-state index in [2.05, 4.69) is 4.74 Å². The van der Waals surface area contributed by atoms with E-state index in [9.17, 15) is 13.2 Å². The van der Waals surface area contributed by atoms with E-state index in [-0.39, 0.29) is 6.61 Å². The fraction of sp³-hybridized carbons (Fsp3) is 0.333. The Bertz CT molecular complexity index is 382. The van der Waals surface area contributed by atoms with Crippen molar-refractivity contribution in [1.29, 1.82) is 0 Å². The number of benzene rings is 1. The predicted octanol–water partition coefficient (Wildman–Crippen LogP) is 1.58. The number of nitrogen functional groups attached to an aromatic ring is 1. The molecule has 1 aromatic carbocycles. The van der Waals surface area contributed by atoms with Gasteiger partial charge in [-0.2, -0.15) is 0 Å². The van der Waals surface area contributed by atoms with Gasteiger partial charge in [0.2, 0.25) is 0 Å². The van der Waals surface area contributed by atoms with E-state index in [1.807, 2.05) is 0 Å². The second kappa shape index (κ2) is 4.39. The Labute approximate surface area is 84.3 Å². The molecule has 0 heterocycles. The van der Waals surface area contributed by atoms with Crippen molar-refractivity contribution in [2.75, 3.05) is 12.3 Å². The zero-order valence-electron chi connectivity index (χ0n) is 7.98. The maximum absolute atomic E-state index is 13.3. The summed E-state index contributed by atoms with van der Waals surface area (Å²) in [5.41, 5.74) is 3.50. The zero-order valence-corrected chi connectivity index (χ0v) is 7.98. The Hall–Kier alpha value is -1.43. The maximum atomic E-state index is 13.3. The van der Waals surface area contributed by atoms with Crippen LogP contribution in [0.2, 0.25) is 0 Å². The number of aliphatic hydroxyl groups excluding tert-OH is 1. The van der Waals surface area contributed by atoms with Gasteiger partial charge in [-0.1, -0.05) is 0 Å². The Morgan fingerprint density at radius 1 is 1.20 bits per heavy atom. The third-order valence-electron chi connectivity index (χ3n) is 1.85. The van der Waals surface area contributed by atoms with Gasteiger partial charge in [0.1, 0.15) is 5.69 Å². The molecule has 15 heavy (non-hydrogen) atoms. The molecule has 0 aliphatic rings. The molecule has 84 valence electrons. The van der Waals surface area contributed by atoms with Crippen molar-refractivity contribution in [2.24, 2.45) is 0 Å². The van der Waals surface area contributed by atoms with Crippen molar-refractivity contribution in [1.82, 2.24) is 0 Å². The summed E-state index contributed by atoms with van der Waals surface area (Å²) in [7, 11) is 0. The molecule has 0 amide bonds. The van der Waals surface area contributed by atoms with E-state index in [1.54, 1.807) is 0 Å². The molecule has 0 saturated carbocycles. The number of halogens is 3. The fourth-order valence-corrected chi connectivity index (χ4v) is 1.12. The summed E-state index contributed by atoms with van der Waals surface area (Å²) in [6, 6.07) is 0. The van der Waals surface area contributed by atoms with Crippen molar-refractivity contribution in [3.8, 4) is 5.75 Å². The molecule has 0 atom stereocenters. The average molecular weight is 221 g/mol. The van der Waals surface area contributed by atoms with Gasteiger partial charge >= 0.3 is 0 Å². The lowest BCUT2D eigenvalue weighted by Gasteiger charge is -2.12. The number of ether oxygens (including phenoxy) is 1. The summed E-state index contributed by atoms with van der Waals surface area (Å²) in [6.45, 7) is 0.600. The summed E-state index contributed by atoms with van der Waals surface area (Å²) >= 11 is 0. The van der Waals surface area contributed by atoms with Gasteiger partial charge in [-0.3, -0.25) is 0 Å². The van der Waals surface area contributed by atoms with Crippen LogP contribution in [0.3, 0.4) is 0 Å². The highest BCUT2D eigenvalue weighted by atomic mass is 19.1. The third kappa shape index (κ3) is 1.85. The van der Waals surface area contributed by atoms with E-state index in [0.29, 0.717) is 0 Å². The van der Waals surface area contributed by atoms with Gasteiger partial charge in [-0.05, 0) is 6.92 Å². The molecule has 1 rings (SSSR count). The molecule has 1 aromatic rings. The van der Waals surface area contributed by atoms with E-state index in [1.165, 1.54) is 6.92 Å². The van der Waals surface area contributed by atoms with Gasteiger partial charge in [0, 0.05) is 0 Å². The van der Waals surface area contributed by atoms with Gasteiger partial charge in [0.15, 0.2) is 23.2 Å². The first kappa shape index (κ1) is 11.6. The summed E-state index contributed by atoms with van der Waals surface area (Å²) in [5.74, 6) is -4.61. The number of hydrogen-bond donors (Lipinski definition) is 2. The van der Waals surface area contributed by atoms with Crippen molar-refractivity contribution < 1.29 is 23.0 Å². The minimum Gasteiger partial charge on any atom is -0.488 e. The molecule has 0 radical (unpaired) electrons. The first-order chi connectivity index (χ1) is 7.04.